The molecule has 160 valence electrons. The van der Waals surface area contributed by atoms with Crippen LogP contribution in [0.5, 0.6) is 0 Å². The molecule has 0 spiro atoms. The molecule has 3 aromatic heterocycles. The Kier molecular flexibility index (Phi) is 5.61. The third-order valence-corrected chi connectivity index (χ3v) is 5.91. The van der Waals surface area contributed by atoms with Gasteiger partial charge in [0.15, 0.2) is 5.82 Å². The lowest BCUT2D eigenvalue weighted by molar-refractivity contribution is -0.00546. The second-order valence-electron chi connectivity index (χ2n) is 8.55. The molecule has 0 amide bonds. The quantitative estimate of drug-likeness (QED) is 0.647. The Morgan fingerprint density at radius 1 is 1.00 bits per heavy atom. The summed E-state index contributed by atoms with van der Waals surface area (Å²) in [4.78, 5) is 23.0. The van der Waals surface area contributed by atoms with Gasteiger partial charge in [0.05, 0.1) is 17.9 Å². The SMILES string of the molecule is CC1CN(c2ccc(CN3CCc4nc(-c5ccncc5)ncc4C3)cn2)CC(C)O1. The van der Waals surface area contributed by atoms with E-state index in [2.05, 4.69) is 45.7 Å². The number of hydrogen-bond donors (Lipinski definition) is 0. The average Bonchev–Trinajstić information content (AvgIpc) is 2.79. The van der Waals surface area contributed by atoms with E-state index in [1.54, 1.807) is 12.4 Å². The van der Waals surface area contributed by atoms with Gasteiger partial charge in [0.25, 0.3) is 0 Å². The molecule has 7 nitrogen and oxygen atoms in total. The summed E-state index contributed by atoms with van der Waals surface area (Å²) in [7, 11) is 0. The topological polar surface area (TPSA) is 67.3 Å². The molecule has 2 aliphatic heterocycles. The van der Waals surface area contributed by atoms with Crippen molar-refractivity contribution in [1.82, 2.24) is 24.8 Å². The summed E-state index contributed by atoms with van der Waals surface area (Å²) in [6.07, 6.45) is 8.95. The van der Waals surface area contributed by atoms with Gasteiger partial charge in [0.2, 0.25) is 0 Å². The van der Waals surface area contributed by atoms with Crippen molar-refractivity contribution < 1.29 is 4.74 Å². The highest BCUT2D eigenvalue weighted by Gasteiger charge is 2.23. The van der Waals surface area contributed by atoms with Crippen LogP contribution in [-0.4, -0.2) is 56.7 Å². The molecule has 0 bridgehead atoms. The normalized spacial score (nSPS) is 21.7. The third-order valence-electron chi connectivity index (χ3n) is 5.91. The smallest absolute Gasteiger partial charge is 0.159 e. The predicted octanol–water partition coefficient (Wildman–Crippen LogP) is 3.11. The number of fused-ring (bicyclic) bond motifs is 1. The van der Waals surface area contributed by atoms with Crippen molar-refractivity contribution in [3.63, 3.8) is 0 Å². The first kappa shape index (κ1) is 20.0. The van der Waals surface area contributed by atoms with E-state index in [1.807, 2.05) is 24.5 Å². The van der Waals surface area contributed by atoms with Crippen LogP contribution < -0.4 is 4.90 Å². The van der Waals surface area contributed by atoms with Crippen LogP contribution >= 0.6 is 0 Å². The van der Waals surface area contributed by atoms with E-state index in [1.165, 1.54) is 11.1 Å². The fourth-order valence-electron chi connectivity index (χ4n) is 4.47. The molecule has 31 heavy (non-hydrogen) atoms. The molecule has 2 unspecified atom stereocenters. The minimum atomic E-state index is 0.236. The lowest BCUT2D eigenvalue weighted by Crippen LogP contribution is -2.45. The lowest BCUT2D eigenvalue weighted by atomic mass is 10.1. The summed E-state index contributed by atoms with van der Waals surface area (Å²) in [5.74, 6) is 1.81. The summed E-state index contributed by atoms with van der Waals surface area (Å²) in [5.41, 5.74) is 4.61. The summed E-state index contributed by atoms with van der Waals surface area (Å²) >= 11 is 0. The van der Waals surface area contributed by atoms with Gasteiger partial charge in [-0.25, -0.2) is 15.0 Å². The zero-order valence-electron chi connectivity index (χ0n) is 18.1. The zero-order valence-corrected chi connectivity index (χ0v) is 18.1. The fourth-order valence-corrected chi connectivity index (χ4v) is 4.47. The van der Waals surface area contributed by atoms with Gasteiger partial charge in [0.1, 0.15) is 5.82 Å². The van der Waals surface area contributed by atoms with Gasteiger partial charge in [-0.1, -0.05) is 6.07 Å². The monoisotopic (exact) mass is 416 g/mol. The number of aromatic nitrogens is 4. The van der Waals surface area contributed by atoms with Crippen LogP contribution in [-0.2, 0) is 24.2 Å². The Morgan fingerprint density at radius 3 is 2.55 bits per heavy atom. The molecule has 5 heterocycles. The molecule has 1 saturated heterocycles. The number of anilines is 1. The molecule has 0 saturated carbocycles. The second kappa shape index (κ2) is 8.69. The number of pyridine rings is 2. The third kappa shape index (κ3) is 4.57. The Hall–Kier alpha value is -2.90. The molecular formula is C24H28N6O. The molecule has 0 N–H and O–H groups in total. The first-order valence-corrected chi connectivity index (χ1v) is 11.0. The minimum Gasteiger partial charge on any atom is -0.372 e. The van der Waals surface area contributed by atoms with E-state index in [9.17, 15) is 0 Å². The Bertz CT molecular complexity index is 1020. The molecule has 0 radical (unpaired) electrons. The van der Waals surface area contributed by atoms with Crippen molar-refractivity contribution in [3.8, 4) is 11.4 Å². The highest BCUT2D eigenvalue weighted by Crippen LogP contribution is 2.23. The number of morpholine rings is 1. The van der Waals surface area contributed by atoms with Crippen LogP contribution in [0, 0.1) is 0 Å². The van der Waals surface area contributed by atoms with E-state index < -0.39 is 0 Å². The van der Waals surface area contributed by atoms with E-state index in [-0.39, 0.29) is 12.2 Å². The standard InChI is InChI=1S/C24H28N6O/c1-17-13-30(14-18(2)31-17)23-4-3-19(11-26-23)15-29-10-7-22-21(16-29)12-27-24(28-22)20-5-8-25-9-6-20/h3-6,8-9,11-12,17-18H,7,10,13-16H2,1-2H3. The minimum absolute atomic E-state index is 0.236. The van der Waals surface area contributed by atoms with Crippen molar-refractivity contribution in [2.24, 2.45) is 0 Å². The lowest BCUT2D eigenvalue weighted by Gasteiger charge is -2.36. The van der Waals surface area contributed by atoms with Crippen molar-refractivity contribution >= 4 is 5.82 Å². The molecule has 7 heteroatoms. The second-order valence-corrected chi connectivity index (χ2v) is 8.55. The van der Waals surface area contributed by atoms with E-state index in [0.717, 1.165) is 62.0 Å². The molecule has 3 aromatic rings. The molecule has 2 aliphatic rings. The van der Waals surface area contributed by atoms with Gasteiger partial charge in [0, 0.05) is 75.1 Å². The van der Waals surface area contributed by atoms with Crippen molar-refractivity contribution in [2.45, 2.75) is 45.6 Å². The number of hydrogen-bond acceptors (Lipinski definition) is 7. The molecule has 0 aromatic carbocycles. The average molecular weight is 417 g/mol. The maximum atomic E-state index is 5.83. The number of ether oxygens (including phenoxy) is 1. The zero-order chi connectivity index (χ0) is 21.2. The Morgan fingerprint density at radius 2 is 1.81 bits per heavy atom. The van der Waals surface area contributed by atoms with E-state index in [0.29, 0.717) is 0 Å². The van der Waals surface area contributed by atoms with Crippen LogP contribution in [0.2, 0.25) is 0 Å². The highest BCUT2D eigenvalue weighted by molar-refractivity contribution is 5.54. The van der Waals surface area contributed by atoms with Crippen molar-refractivity contribution in [2.75, 3.05) is 24.5 Å². The molecule has 1 fully saturated rings. The van der Waals surface area contributed by atoms with Crippen molar-refractivity contribution in [1.29, 1.82) is 0 Å². The maximum Gasteiger partial charge on any atom is 0.159 e. The summed E-state index contributed by atoms with van der Waals surface area (Å²) < 4.78 is 5.83. The van der Waals surface area contributed by atoms with Gasteiger partial charge in [-0.05, 0) is 37.6 Å². The fraction of sp³-hybridized carbons (Fsp3) is 0.417. The summed E-state index contributed by atoms with van der Waals surface area (Å²) in [5, 5.41) is 0. The van der Waals surface area contributed by atoms with Crippen molar-refractivity contribution in [3.05, 3.63) is 65.9 Å². The maximum absolute atomic E-state index is 5.83. The van der Waals surface area contributed by atoms with Crippen LogP contribution in [0.25, 0.3) is 11.4 Å². The largest absolute Gasteiger partial charge is 0.372 e. The van der Waals surface area contributed by atoms with Crippen LogP contribution in [0.15, 0.2) is 49.1 Å². The molecular weight excluding hydrogens is 388 g/mol. The summed E-state index contributed by atoms with van der Waals surface area (Å²) in [6.45, 7) is 8.76. The van der Waals surface area contributed by atoms with Crippen LogP contribution in [0.4, 0.5) is 5.82 Å². The molecule has 0 aliphatic carbocycles. The first-order valence-electron chi connectivity index (χ1n) is 11.0. The van der Waals surface area contributed by atoms with Gasteiger partial charge < -0.3 is 9.64 Å². The number of nitrogens with zero attached hydrogens (tertiary/aromatic N) is 6. The first-order chi connectivity index (χ1) is 15.1. The van der Waals surface area contributed by atoms with Gasteiger partial charge in [-0.3, -0.25) is 9.88 Å². The van der Waals surface area contributed by atoms with E-state index >= 15 is 0 Å². The molecule has 2 atom stereocenters. The Labute approximate surface area is 183 Å². The van der Waals surface area contributed by atoms with Gasteiger partial charge in [-0.2, -0.15) is 0 Å². The highest BCUT2D eigenvalue weighted by atomic mass is 16.5. The van der Waals surface area contributed by atoms with E-state index in [4.69, 9.17) is 14.7 Å². The van der Waals surface area contributed by atoms with Crippen LogP contribution in [0.3, 0.4) is 0 Å². The number of rotatable bonds is 4. The summed E-state index contributed by atoms with van der Waals surface area (Å²) in [6, 6.07) is 8.24. The van der Waals surface area contributed by atoms with Gasteiger partial charge >= 0.3 is 0 Å². The Balaban J connectivity index is 1.23. The molecule has 5 rings (SSSR count). The van der Waals surface area contributed by atoms with Crippen LogP contribution in [0.1, 0.15) is 30.7 Å². The predicted molar refractivity (Wildman–Crippen MR) is 120 cm³/mol. The van der Waals surface area contributed by atoms with Gasteiger partial charge in [-0.15, -0.1) is 0 Å².